The summed E-state index contributed by atoms with van der Waals surface area (Å²) in [6.45, 7) is 2.26. The third kappa shape index (κ3) is 2.82. The molecule has 4 aromatic heterocycles. The molecule has 5 rings (SSSR count). The van der Waals surface area contributed by atoms with Crippen molar-refractivity contribution in [3.05, 3.63) is 85.2 Å². The first-order valence-corrected chi connectivity index (χ1v) is 8.34. The molecule has 0 N–H and O–H groups in total. The molecule has 5 heterocycles. The molecule has 6 nitrogen and oxygen atoms in total. The molecule has 0 radical (unpaired) electrons. The van der Waals surface area contributed by atoms with E-state index in [1.54, 1.807) is 0 Å². The topological polar surface area (TPSA) is 43.4 Å². The zero-order chi connectivity index (χ0) is 16.6. The quantitative estimate of drug-likeness (QED) is 0.401. The highest BCUT2D eigenvalue weighted by atomic mass is 15.2. The summed E-state index contributed by atoms with van der Waals surface area (Å²) in [6, 6.07) is 12.3. The average Bonchev–Trinajstić information content (AvgIpc) is 3.25. The van der Waals surface area contributed by atoms with E-state index < -0.39 is 0 Å². The van der Waals surface area contributed by atoms with E-state index in [0.717, 1.165) is 42.5 Å². The fourth-order valence-electron chi connectivity index (χ4n) is 3.22. The molecular formula is C19H18N6+2. The van der Waals surface area contributed by atoms with E-state index in [2.05, 4.69) is 80.0 Å². The number of aromatic nitrogens is 6. The molecular weight excluding hydrogens is 312 g/mol. The summed E-state index contributed by atoms with van der Waals surface area (Å²) in [5.74, 6) is 0. The Hall–Kier alpha value is -3.28. The maximum absolute atomic E-state index is 4.80. The maximum atomic E-state index is 4.80. The Bertz CT molecular complexity index is 962. The minimum absolute atomic E-state index is 0.742. The van der Waals surface area contributed by atoms with Crippen LogP contribution in [0.5, 0.6) is 0 Å². The van der Waals surface area contributed by atoms with Gasteiger partial charge in [0.1, 0.15) is 37.9 Å². The minimum atomic E-state index is 0.742. The third-order valence-corrected chi connectivity index (χ3v) is 4.38. The number of fused-ring (bicyclic) bond motifs is 9. The second-order valence-corrected chi connectivity index (χ2v) is 6.37. The molecule has 8 bridgehead atoms. The van der Waals surface area contributed by atoms with Gasteiger partial charge in [0.2, 0.25) is 19.3 Å². The smallest absolute Gasteiger partial charge is 0.247 e. The third-order valence-electron chi connectivity index (χ3n) is 4.38. The molecule has 1 aliphatic heterocycles. The molecule has 6 heteroatoms. The fraction of sp³-hybridized carbons (Fsp3) is 0.158. The number of nitrogens with zero attached hydrogens (tertiary/aromatic N) is 6. The van der Waals surface area contributed by atoms with Crippen LogP contribution in [-0.4, -0.2) is 19.1 Å². The van der Waals surface area contributed by atoms with Gasteiger partial charge >= 0.3 is 0 Å². The van der Waals surface area contributed by atoms with Crippen LogP contribution in [0.15, 0.2) is 73.8 Å². The van der Waals surface area contributed by atoms with Crippen LogP contribution in [0.25, 0.3) is 11.4 Å². The first-order chi connectivity index (χ1) is 12.3. The first kappa shape index (κ1) is 14.1. The van der Waals surface area contributed by atoms with Crippen molar-refractivity contribution < 1.29 is 9.13 Å². The summed E-state index contributed by atoms with van der Waals surface area (Å²) in [7, 11) is 0. The van der Waals surface area contributed by atoms with E-state index in [-0.39, 0.29) is 0 Å². The second kappa shape index (κ2) is 5.66. The Labute approximate surface area is 145 Å². The highest BCUT2D eigenvalue weighted by Crippen LogP contribution is 2.16. The van der Waals surface area contributed by atoms with Crippen LogP contribution in [0, 0.1) is 0 Å². The monoisotopic (exact) mass is 330 g/mol. The van der Waals surface area contributed by atoms with Crippen LogP contribution in [0.3, 0.4) is 0 Å². The number of pyridine rings is 2. The fourth-order valence-corrected chi connectivity index (χ4v) is 3.22. The van der Waals surface area contributed by atoms with Gasteiger partial charge in [0, 0.05) is 0 Å². The van der Waals surface area contributed by atoms with Crippen molar-refractivity contribution in [2.75, 3.05) is 0 Å². The lowest BCUT2D eigenvalue weighted by molar-refractivity contribution is -0.912. The van der Waals surface area contributed by atoms with Crippen molar-refractivity contribution in [2.24, 2.45) is 0 Å². The lowest BCUT2D eigenvalue weighted by Crippen LogP contribution is -2.49. The van der Waals surface area contributed by atoms with Crippen molar-refractivity contribution in [2.45, 2.75) is 19.8 Å². The van der Waals surface area contributed by atoms with Gasteiger partial charge in [0.15, 0.2) is 0 Å². The Morgan fingerprint density at radius 3 is 1.76 bits per heavy atom. The van der Waals surface area contributed by atoms with Crippen LogP contribution >= 0.6 is 0 Å². The maximum Gasteiger partial charge on any atom is 0.247 e. The van der Waals surface area contributed by atoms with Gasteiger partial charge < -0.3 is 0 Å². The summed E-state index contributed by atoms with van der Waals surface area (Å²) in [6.07, 6.45) is 12.6. The van der Waals surface area contributed by atoms with Crippen LogP contribution in [0.1, 0.15) is 11.4 Å². The lowest BCUT2D eigenvalue weighted by atomic mass is 10.2. The number of hydrogen-bond acceptors (Lipinski definition) is 2. The number of rotatable bonds is 0. The van der Waals surface area contributed by atoms with Crippen LogP contribution in [0.2, 0.25) is 0 Å². The van der Waals surface area contributed by atoms with Crippen LogP contribution in [0.4, 0.5) is 0 Å². The molecule has 0 amide bonds. The predicted octanol–water partition coefficient (Wildman–Crippen LogP) is 1.24. The van der Waals surface area contributed by atoms with Crippen molar-refractivity contribution >= 4 is 0 Å². The Morgan fingerprint density at radius 1 is 0.720 bits per heavy atom. The van der Waals surface area contributed by atoms with Gasteiger partial charge in [-0.05, 0) is 24.3 Å². The van der Waals surface area contributed by atoms with Gasteiger partial charge in [-0.25, -0.2) is 19.1 Å². The summed E-state index contributed by atoms with van der Waals surface area (Å²) >= 11 is 0. The molecule has 25 heavy (non-hydrogen) atoms. The van der Waals surface area contributed by atoms with Crippen molar-refractivity contribution in [1.82, 2.24) is 19.1 Å². The molecule has 0 aliphatic carbocycles. The van der Waals surface area contributed by atoms with Crippen molar-refractivity contribution in [3.63, 3.8) is 0 Å². The van der Waals surface area contributed by atoms with Gasteiger partial charge in [0.05, 0.1) is 22.8 Å². The highest BCUT2D eigenvalue weighted by molar-refractivity contribution is 5.54. The second-order valence-electron chi connectivity index (χ2n) is 6.37. The lowest BCUT2D eigenvalue weighted by Gasteiger charge is -2.05. The van der Waals surface area contributed by atoms with Crippen molar-refractivity contribution in [3.8, 4) is 11.4 Å². The Kier molecular flexibility index (Phi) is 3.19. The van der Waals surface area contributed by atoms with Crippen LogP contribution < -0.4 is 9.13 Å². The van der Waals surface area contributed by atoms with E-state index in [4.69, 9.17) is 9.97 Å². The predicted molar refractivity (Wildman–Crippen MR) is 90.3 cm³/mol. The zero-order valence-electron chi connectivity index (χ0n) is 13.7. The molecule has 1 aliphatic rings. The molecule has 0 unspecified atom stereocenters. The van der Waals surface area contributed by atoms with E-state index in [0.29, 0.717) is 0 Å². The van der Waals surface area contributed by atoms with E-state index >= 15 is 0 Å². The van der Waals surface area contributed by atoms with Gasteiger partial charge in [-0.1, -0.05) is 12.1 Å². The van der Waals surface area contributed by atoms with E-state index in [1.807, 2.05) is 12.1 Å². The molecule has 0 saturated heterocycles. The molecule has 4 aromatic rings. The molecule has 0 spiro atoms. The first-order valence-electron chi connectivity index (χ1n) is 8.34. The largest absolute Gasteiger partial charge is 0.247 e. The molecule has 0 atom stereocenters. The zero-order valence-corrected chi connectivity index (χ0v) is 13.7. The number of imidazole rings is 2. The minimum Gasteiger partial charge on any atom is -0.247 e. The van der Waals surface area contributed by atoms with E-state index in [9.17, 15) is 0 Å². The standard InChI is InChI=1S/C19H18N6/c1-3-16-11-22-7-9-24(13-22)15-25-10-8-23(14-25)12-17-4-2-6-19(21-17)18(5-1)20-16/h1-10,13-14H,11-12,15H2/q+2. The Balaban J connectivity index is 1.65. The van der Waals surface area contributed by atoms with Gasteiger partial charge in [-0.2, -0.15) is 9.13 Å². The Morgan fingerprint density at radius 2 is 1.24 bits per heavy atom. The molecule has 0 saturated carbocycles. The van der Waals surface area contributed by atoms with Crippen LogP contribution in [-0.2, 0) is 19.8 Å². The molecule has 0 aromatic carbocycles. The van der Waals surface area contributed by atoms with Crippen molar-refractivity contribution in [1.29, 1.82) is 0 Å². The molecule has 0 fully saturated rings. The van der Waals surface area contributed by atoms with Gasteiger partial charge in [0.25, 0.3) is 0 Å². The average molecular weight is 330 g/mol. The summed E-state index contributed by atoms with van der Waals surface area (Å²) in [4.78, 5) is 9.60. The van der Waals surface area contributed by atoms with Gasteiger partial charge in [-0.3, -0.25) is 0 Å². The highest BCUT2D eigenvalue weighted by Gasteiger charge is 2.13. The normalized spacial score (nSPS) is 13.1. The SMILES string of the molecule is c1cc2nc(c1)-c1cccc(n1)Cn1cc[n+](c1)C[n+]1ccn(c1)C2. The summed E-state index contributed by atoms with van der Waals surface area (Å²) in [5, 5.41) is 0. The number of hydrogen-bond donors (Lipinski definition) is 0. The summed E-state index contributed by atoms with van der Waals surface area (Å²) < 4.78 is 8.61. The van der Waals surface area contributed by atoms with Gasteiger partial charge in [-0.15, -0.1) is 0 Å². The molecule has 122 valence electrons. The van der Waals surface area contributed by atoms with E-state index in [1.165, 1.54) is 0 Å². The summed E-state index contributed by atoms with van der Waals surface area (Å²) in [5.41, 5.74) is 3.88.